The van der Waals surface area contributed by atoms with Gasteiger partial charge in [0, 0.05) is 24.3 Å². The number of hydrogen-bond donors (Lipinski definition) is 1. The van der Waals surface area contributed by atoms with E-state index in [0.29, 0.717) is 18.4 Å². The zero-order chi connectivity index (χ0) is 17.2. The van der Waals surface area contributed by atoms with Gasteiger partial charge in [-0.25, -0.2) is 0 Å². The summed E-state index contributed by atoms with van der Waals surface area (Å²) in [7, 11) is 1.43. The first-order valence-electron chi connectivity index (χ1n) is 9.06. The van der Waals surface area contributed by atoms with Crippen molar-refractivity contribution in [1.82, 2.24) is 20.0 Å². The summed E-state index contributed by atoms with van der Waals surface area (Å²) >= 11 is 0. The minimum absolute atomic E-state index is 0. The molecule has 0 saturated carbocycles. The lowest BCUT2D eigenvalue weighted by atomic mass is 9.78. The Balaban J connectivity index is 0.00000225. The number of esters is 1. The van der Waals surface area contributed by atoms with Gasteiger partial charge in [0.2, 0.25) is 0 Å². The molecule has 1 N–H and O–H groups in total. The Morgan fingerprint density at radius 3 is 2.68 bits per heavy atom. The van der Waals surface area contributed by atoms with Crippen molar-refractivity contribution < 1.29 is 9.53 Å². The van der Waals surface area contributed by atoms with Gasteiger partial charge in [-0.15, -0.1) is 12.4 Å². The number of ether oxygens (including phenoxy) is 1. The van der Waals surface area contributed by atoms with Crippen molar-refractivity contribution in [3.8, 4) is 0 Å². The molecule has 0 unspecified atom stereocenters. The first-order valence-corrected chi connectivity index (χ1v) is 9.06. The largest absolute Gasteiger partial charge is 0.469 e. The average Bonchev–Trinajstić information content (AvgIpc) is 3.09. The summed E-state index contributed by atoms with van der Waals surface area (Å²) in [5, 5.41) is 8.12. The molecule has 0 amide bonds. The molecule has 1 aromatic rings. The Hall–Kier alpha value is -1.11. The molecule has 1 aromatic heterocycles. The van der Waals surface area contributed by atoms with Crippen LogP contribution in [0.1, 0.15) is 42.6 Å². The molecule has 0 atom stereocenters. The highest BCUT2D eigenvalue weighted by Crippen LogP contribution is 2.39. The summed E-state index contributed by atoms with van der Waals surface area (Å²) in [6, 6.07) is 0. The molecule has 1 spiro atoms. The van der Waals surface area contributed by atoms with Crippen LogP contribution in [0.4, 0.5) is 0 Å². The van der Waals surface area contributed by atoms with Crippen molar-refractivity contribution in [3.63, 3.8) is 0 Å². The summed E-state index contributed by atoms with van der Waals surface area (Å²) in [5.74, 6) is -0.184. The highest BCUT2D eigenvalue weighted by atomic mass is 35.5. The van der Waals surface area contributed by atoms with E-state index in [0.717, 1.165) is 25.3 Å². The van der Waals surface area contributed by atoms with Crippen LogP contribution < -0.4 is 5.32 Å². The van der Waals surface area contributed by atoms with E-state index in [1.165, 1.54) is 50.7 Å². The van der Waals surface area contributed by atoms with Crippen LogP contribution in [0.5, 0.6) is 0 Å². The molecule has 2 fully saturated rings. The predicted molar refractivity (Wildman–Crippen MR) is 100 cm³/mol. The second-order valence-electron chi connectivity index (χ2n) is 7.41. The maximum atomic E-state index is 11.4. The van der Waals surface area contributed by atoms with Crippen LogP contribution in [0.15, 0.2) is 0 Å². The van der Waals surface area contributed by atoms with E-state index in [4.69, 9.17) is 4.74 Å². The molecule has 3 heterocycles. The molecule has 0 aliphatic carbocycles. The summed E-state index contributed by atoms with van der Waals surface area (Å²) in [5.41, 5.74) is 4.13. The Bertz CT molecular complexity index is 596. The number of rotatable bonds is 5. The number of hydrogen-bond acceptors (Lipinski definition) is 5. The van der Waals surface area contributed by atoms with Crippen LogP contribution in [0.3, 0.4) is 0 Å². The van der Waals surface area contributed by atoms with Gasteiger partial charge in [-0.05, 0) is 58.2 Å². The number of carbonyl (C=O) groups excluding carboxylic acids is 1. The SMILES string of the molecule is COC(=O)CCn1nc(C)c(CN2CCC3(CCNCC3)C2)c1C.Cl. The maximum absolute atomic E-state index is 11.4. The minimum Gasteiger partial charge on any atom is -0.469 e. The van der Waals surface area contributed by atoms with Crippen LogP contribution in [0, 0.1) is 19.3 Å². The topological polar surface area (TPSA) is 59.4 Å². The third-order valence-corrected chi connectivity index (χ3v) is 5.85. The van der Waals surface area contributed by atoms with Gasteiger partial charge in [-0.2, -0.15) is 5.10 Å². The second-order valence-corrected chi connectivity index (χ2v) is 7.41. The smallest absolute Gasteiger partial charge is 0.307 e. The number of halogens is 1. The molecular formula is C18H31ClN4O2. The highest BCUT2D eigenvalue weighted by Gasteiger charge is 2.38. The predicted octanol–water partition coefficient (Wildman–Crippen LogP) is 2.06. The Morgan fingerprint density at radius 1 is 1.28 bits per heavy atom. The zero-order valence-electron chi connectivity index (χ0n) is 15.6. The molecule has 142 valence electrons. The zero-order valence-corrected chi connectivity index (χ0v) is 16.5. The van der Waals surface area contributed by atoms with Gasteiger partial charge in [-0.1, -0.05) is 0 Å². The standard InChI is InChI=1S/C18H30N4O2.ClH/c1-14-16(15(2)22(20-14)10-4-17(23)24-3)12-21-11-7-18(13-21)5-8-19-9-6-18;/h19H,4-13H2,1-3H3;1H. The van der Waals surface area contributed by atoms with Gasteiger partial charge in [-0.3, -0.25) is 14.4 Å². The molecule has 2 aliphatic heterocycles. The molecule has 0 radical (unpaired) electrons. The van der Waals surface area contributed by atoms with E-state index < -0.39 is 0 Å². The molecular weight excluding hydrogens is 340 g/mol. The maximum Gasteiger partial charge on any atom is 0.307 e. The van der Waals surface area contributed by atoms with Gasteiger partial charge in [0.25, 0.3) is 0 Å². The van der Waals surface area contributed by atoms with Gasteiger partial charge < -0.3 is 10.1 Å². The van der Waals surface area contributed by atoms with E-state index >= 15 is 0 Å². The first kappa shape index (κ1) is 20.2. The first-order chi connectivity index (χ1) is 11.5. The van der Waals surface area contributed by atoms with E-state index in [-0.39, 0.29) is 18.4 Å². The molecule has 25 heavy (non-hydrogen) atoms. The molecule has 2 aliphatic rings. The van der Waals surface area contributed by atoms with Crippen LogP contribution in [0.25, 0.3) is 0 Å². The fourth-order valence-corrected chi connectivity index (χ4v) is 4.23. The number of carbonyl (C=O) groups is 1. The molecule has 6 nitrogen and oxygen atoms in total. The van der Waals surface area contributed by atoms with E-state index in [2.05, 4.69) is 29.2 Å². The van der Waals surface area contributed by atoms with Gasteiger partial charge in [0.15, 0.2) is 0 Å². The highest BCUT2D eigenvalue weighted by molar-refractivity contribution is 5.85. The third kappa shape index (κ3) is 4.54. The lowest BCUT2D eigenvalue weighted by molar-refractivity contribution is -0.140. The second kappa shape index (κ2) is 8.52. The summed E-state index contributed by atoms with van der Waals surface area (Å²) in [6.45, 7) is 10.5. The van der Waals surface area contributed by atoms with Crippen molar-refractivity contribution in [3.05, 3.63) is 17.0 Å². The van der Waals surface area contributed by atoms with Crippen molar-refractivity contribution in [2.24, 2.45) is 5.41 Å². The summed E-state index contributed by atoms with van der Waals surface area (Å²) < 4.78 is 6.68. The third-order valence-electron chi connectivity index (χ3n) is 5.85. The molecule has 0 bridgehead atoms. The fraction of sp³-hybridized carbons (Fsp3) is 0.778. The average molecular weight is 371 g/mol. The number of aryl methyl sites for hydroxylation is 2. The quantitative estimate of drug-likeness (QED) is 0.804. The Morgan fingerprint density at radius 2 is 2.00 bits per heavy atom. The monoisotopic (exact) mass is 370 g/mol. The normalized spacial score (nSPS) is 19.8. The van der Waals surface area contributed by atoms with Crippen LogP contribution >= 0.6 is 12.4 Å². The Kier molecular flexibility index (Phi) is 6.88. The van der Waals surface area contributed by atoms with Gasteiger partial charge in [0.1, 0.15) is 0 Å². The number of aromatic nitrogens is 2. The van der Waals surface area contributed by atoms with Gasteiger partial charge >= 0.3 is 5.97 Å². The lowest BCUT2D eigenvalue weighted by Crippen LogP contribution is -2.38. The fourth-order valence-electron chi connectivity index (χ4n) is 4.23. The van der Waals surface area contributed by atoms with Gasteiger partial charge in [0.05, 0.1) is 25.8 Å². The van der Waals surface area contributed by atoms with Crippen molar-refractivity contribution >= 4 is 18.4 Å². The van der Waals surface area contributed by atoms with E-state index in [1.807, 2.05) is 4.68 Å². The van der Waals surface area contributed by atoms with Crippen LogP contribution in [-0.2, 0) is 22.6 Å². The van der Waals surface area contributed by atoms with Crippen molar-refractivity contribution in [1.29, 1.82) is 0 Å². The number of piperidine rings is 1. The van der Waals surface area contributed by atoms with E-state index in [1.54, 1.807) is 0 Å². The minimum atomic E-state index is -0.184. The molecule has 3 rings (SSSR count). The Labute approximate surface area is 156 Å². The summed E-state index contributed by atoms with van der Waals surface area (Å²) in [4.78, 5) is 14.0. The number of nitrogens with one attached hydrogen (secondary N) is 1. The van der Waals surface area contributed by atoms with Crippen molar-refractivity contribution in [2.45, 2.75) is 52.6 Å². The van der Waals surface area contributed by atoms with Crippen LogP contribution in [-0.4, -0.2) is 53.9 Å². The molecule has 2 saturated heterocycles. The van der Waals surface area contributed by atoms with Crippen LogP contribution in [0.2, 0.25) is 0 Å². The summed E-state index contributed by atoms with van der Waals surface area (Å²) in [6.07, 6.45) is 4.31. The van der Waals surface area contributed by atoms with E-state index in [9.17, 15) is 4.79 Å². The number of nitrogens with zero attached hydrogens (tertiary/aromatic N) is 3. The molecule has 0 aromatic carbocycles. The molecule has 7 heteroatoms. The number of likely N-dealkylation sites (tertiary alicyclic amines) is 1. The lowest BCUT2D eigenvalue weighted by Gasteiger charge is -2.34. The number of methoxy groups -OCH3 is 1. The van der Waals surface area contributed by atoms with Crippen molar-refractivity contribution in [2.75, 3.05) is 33.3 Å².